The fourth-order valence-electron chi connectivity index (χ4n) is 2.28. The van der Waals surface area contributed by atoms with Gasteiger partial charge in [0.25, 0.3) is 0 Å². The Morgan fingerprint density at radius 3 is 2.78 bits per heavy atom. The predicted molar refractivity (Wildman–Crippen MR) is 69.1 cm³/mol. The van der Waals surface area contributed by atoms with E-state index in [-0.39, 0.29) is 5.82 Å². The Hall–Kier alpha value is -1.88. The molecule has 2 aromatic rings. The Bertz CT molecular complexity index is 582. The van der Waals surface area contributed by atoms with E-state index in [9.17, 15) is 4.39 Å². The molecule has 0 spiro atoms. The third-order valence-electron chi connectivity index (χ3n) is 3.20. The Morgan fingerprint density at radius 1 is 1.22 bits per heavy atom. The van der Waals surface area contributed by atoms with Gasteiger partial charge in [-0.25, -0.2) is 9.37 Å². The summed E-state index contributed by atoms with van der Waals surface area (Å²) >= 11 is 0. The molecule has 1 aliphatic rings. The minimum Gasteiger partial charge on any atom is -0.398 e. The number of aromatic nitrogens is 1. The molecule has 1 aliphatic heterocycles. The predicted octanol–water partition coefficient (Wildman–Crippen LogP) is 1.79. The van der Waals surface area contributed by atoms with Crippen LogP contribution < -0.4 is 10.6 Å². The van der Waals surface area contributed by atoms with Crippen LogP contribution in [0.3, 0.4) is 0 Å². The summed E-state index contributed by atoms with van der Waals surface area (Å²) in [6, 6.07) is 4.72. The minimum absolute atomic E-state index is 0.284. The van der Waals surface area contributed by atoms with Gasteiger partial charge in [-0.1, -0.05) is 0 Å². The fourth-order valence-corrected chi connectivity index (χ4v) is 2.28. The summed E-state index contributed by atoms with van der Waals surface area (Å²) in [5.41, 5.74) is 6.46. The third-order valence-corrected chi connectivity index (χ3v) is 3.20. The molecular weight excluding hydrogens is 233 g/mol. The molecule has 94 valence electrons. The van der Waals surface area contributed by atoms with Crippen molar-refractivity contribution in [3.63, 3.8) is 0 Å². The number of pyridine rings is 1. The van der Waals surface area contributed by atoms with Gasteiger partial charge in [-0.3, -0.25) is 0 Å². The second-order valence-electron chi connectivity index (χ2n) is 4.29. The Kier molecular flexibility index (Phi) is 2.76. The first-order chi connectivity index (χ1) is 8.77. The van der Waals surface area contributed by atoms with Gasteiger partial charge in [-0.2, -0.15) is 0 Å². The van der Waals surface area contributed by atoms with E-state index in [1.807, 2.05) is 4.90 Å². The third kappa shape index (κ3) is 1.76. The standard InChI is InChI=1S/C13H14FN3O/c14-10-1-2-11(15)9-3-4-16-13(12(9)10)17-5-7-18-8-6-17/h1-4H,5-8,15H2. The van der Waals surface area contributed by atoms with E-state index in [1.165, 1.54) is 6.07 Å². The molecule has 0 radical (unpaired) electrons. The van der Waals surface area contributed by atoms with E-state index < -0.39 is 0 Å². The Labute approximate surface area is 104 Å². The molecular formula is C13H14FN3O. The first-order valence-corrected chi connectivity index (χ1v) is 5.93. The lowest BCUT2D eigenvalue weighted by Gasteiger charge is -2.28. The average molecular weight is 247 g/mol. The van der Waals surface area contributed by atoms with Gasteiger partial charge in [0, 0.05) is 30.4 Å². The van der Waals surface area contributed by atoms with Gasteiger partial charge in [0.2, 0.25) is 0 Å². The summed E-state index contributed by atoms with van der Waals surface area (Å²) in [6.45, 7) is 2.73. The van der Waals surface area contributed by atoms with Gasteiger partial charge in [0.15, 0.2) is 0 Å². The summed E-state index contributed by atoms with van der Waals surface area (Å²) in [5.74, 6) is 0.370. The maximum absolute atomic E-state index is 14.0. The van der Waals surface area contributed by atoms with E-state index in [1.54, 1.807) is 18.3 Å². The highest BCUT2D eigenvalue weighted by Gasteiger charge is 2.18. The van der Waals surface area contributed by atoms with E-state index in [0.29, 0.717) is 35.5 Å². The second kappa shape index (κ2) is 4.42. The van der Waals surface area contributed by atoms with Crippen LogP contribution in [0.4, 0.5) is 15.9 Å². The molecule has 1 fully saturated rings. The summed E-state index contributed by atoms with van der Waals surface area (Å²) in [5, 5.41) is 1.21. The quantitative estimate of drug-likeness (QED) is 0.781. The topological polar surface area (TPSA) is 51.4 Å². The number of anilines is 2. The van der Waals surface area contributed by atoms with E-state index in [0.717, 1.165) is 13.1 Å². The fraction of sp³-hybridized carbons (Fsp3) is 0.308. The van der Waals surface area contributed by atoms with E-state index in [2.05, 4.69) is 4.98 Å². The maximum Gasteiger partial charge on any atom is 0.139 e. The number of nitrogens with zero attached hydrogens (tertiary/aromatic N) is 2. The SMILES string of the molecule is Nc1ccc(F)c2c(N3CCOCC3)nccc12. The zero-order valence-corrected chi connectivity index (χ0v) is 9.90. The normalized spacial score (nSPS) is 16.2. The highest BCUT2D eigenvalue weighted by atomic mass is 19.1. The molecule has 0 aliphatic carbocycles. The smallest absolute Gasteiger partial charge is 0.139 e. The largest absolute Gasteiger partial charge is 0.398 e. The number of benzene rings is 1. The van der Waals surface area contributed by atoms with Crippen molar-refractivity contribution in [1.82, 2.24) is 4.98 Å². The van der Waals surface area contributed by atoms with Crippen molar-refractivity contribution in [2.45, 2.75) is 0 Å². The molecule has 0 amide bonds. The second-order valence-corrected chi connectivity index (χ2v) is 4.29. The van der Waals surface area contributed by atoms with Gasteiger partial charge in [0.05, 0.1) is 18.6 Å². The first kappa shape index (κ1) is 11.2. The zero-order valence-electron chi connectivity index (χ0n) is 9.90. The van der Waals surface area contributed by atoms with Crippen molar-refractivity contribution < 1.29 is 9.13 Å². The summed E-state index contributed by atoms with van der Waals surface area (Å²) in [6.07, 6.45) is 1.67. The van der Waals surface area contributed by atoms with Crippen molar-refractivity contribution >= 4 is 22.3 Å². The summed E-state index contributed by atoms with van der Waals surface area (Å²) in [7, 11) is 0. The van der Waals surface area contributed by atoms with E-state index in [4.69, 9.17) is 10.5 Å². The number of ether oxygens (including phenoxy) is 1. The van der Waals surface area contributed by atoms with Crippen molar-refractivity contribution in [2.75, 3.05) is 36.9 Å². The van der Waals surface area contributed by atoms with Crippen LogP contribution >= 0.6 is 0 Å². The maximum atomic E-state index is 14.0. The molecule has 0 bridgehead atoms. The number of nitrogens with two attached hydrogens (primary N) is 1. The van der Waals surface area contributed by atoms with Gasteiger partial charge < -0.3 is 15.4 Å². The lowest BCUT2D eigenvalue weighted by Crippen LogP contribution is -2.36. The summed E-state index contributed by atoms with van der Waals surface area (Å²) in [4.78, 5) is 6.34. The van der Waals surface area contributed by atoms with Crippen molar-refractivity contribution in [2.24, 2.45) is 0 Å². The number of rotatable bonds is 1. The molecule has 1 saturated heterocycles. The molecule has 0 unspecified atom stereocenters. The minimum atomic E-state index is -0.284. The number of morpholine rings is 1. The van der Waals surface area contributed by atoms with Crippen LogP contribution in [0.5, 0.6) is 0 Å². The Morgan fingerprint density at radius 2 is 2.00 bits per heavy atom. The molecule has 4 nitrogen and oxygen atoms in total. The van der Waals surface area contributed by atoms with Crippen molar-refractivity contribution in [3.05, 3.63) is 30.2 Å². The first-order valence-electron chi connectivity index (χ1n) is 5.93. The van der Waals surface area contributed by atoms with Crippen molar-refractivity contribution in [1.29, 1.82) is 0 Å². The number of fused-ring (bicyclic) bond motifs is 1. The van der Waals surface area contributed by atoms with Gasteiger partial charge >= 0.3 is 0 Å². The molecule has 5 heteroatoms. The van der Waals surface area contributed by atoms with E-state index >= 15 is 0 Å². The van der Waals surface area contributed by atoms with Gasteiger partial charge in [-0.05, 0) is 18.2 Å². The molecule has 2 heterocycles. The average Bonchev–Trinajstić information content (AvgIpc) is 2.43. The molecule has 0 atom stereocenters. The number of hydrogen-bond donors (Lipinski definition) is 1. The van der Waals surface area contributed by atoms with Crippen LogP contribution in [0.25, 0.3) is 10.8 Å². The van der Waals surface area contributed by atoms with Crippen LogP contribution in [0.2, 0.25) is 0 Å². The lowest BCUT2D eigenvalue weighted by atomic mass is 10.1. The highest BCUT2D eigenvalue weighted by molar-refractivity contribution is 5.99. The number of hydrogen-bond acceptors (Lipinski definition) is 4. The van der Waals surface area contributed by atoms with Crippen LogP contribution in [-0.4, -0.2) is 31.3 Å². The van der Waals surface area contributed by atoms with Crippen LogP contribution in [0.1, 0.15) is 0 Å². The molecule has 0 saturated carbocycles. The molecule has 3 rings (SSSR count). The van der Waals surface area contributed by atoms with Crippen molar-refractivity contribution in [3.8, 4) is 0 Å². The van der Waals surface area contributed by atoms with Gasteiger partial charge in [0.1, 0.15) is 11.6 Å². The monoisotopic (exact) mass is 247 g/mol. The summed E-state index contributed by atoms with van der Waals surface area (Å²) < 4.78 is 19.3. The zero-order chi connectivity index (χ0) is 12.5. The van der Waals surface area contributed by atoms with Crippen LogP contribution in [0.15, 0.2) is 24.4 Å². The lowest BCUT2D eigenvalue weighted by molar-refractivity contribution is 0.122. The van der Waals surface area contributed by atoms with Crippen LogP contribution in [0, 0.1) is 5.82 Å². The highest BCUT2D eigenvalue weighted by Crippen LogP contribution is 2.30. The molecule has 2 N–H and O–H groups in total. The molecule has 1 aromatic carbocycles. The molecule has 1 aromatic heterocycles. The molecule has 18 heavy (non-hydrogen) atoms. The van der Waals surface area contributed by atoms with Gasteiger partial charge in [-0.15, -0.1) is 0 Å². The number of halogens is 1. The number of nitrogen functional groups attached to an aromatic ring is 1. The Balaban J connectivity index is 2.19. The van der Waals surface area contributed by atoms with Crippen LogP contribution in [-0.2, 0) is 4.74 Å².